The normalized spacial score (nSPS) is 12.3. The van der Waals surface area contributed by atoms with Crippen molar-refractivity contribution in [3.05, 3.63) is 0 Å². The van der Waals surface area contributed by atoms with Gasteiger partial charge >= 0.3 is 81.9 Å². The van der Waals surface area contributed by atoms with E-state index in [0.29, 0.717) is 0 Å². The Morgan fingerprint density at radius 2 is 1.33 bits per heavy atom. The number of hydrogen-bond acceptors (Lipinski definition) is 2. The number of hydrogen-bond donors (Lipinski definition) is 2. The van der Waals surface area contributed by atoms with E-state index in [1.807, 2.05) is 0 Å². The molecule has 0 rings (SSSR count). The van der Waals surface area contributed by atoms with Gasteiger partial charge in [-0.05, 0) is 0 Å². The summed E-state index contributed by atoms with van der Waals surface area (Å²) in [6.45, 7) is 0. The second kappa shape index (κ2) is 3.75. The number of rotatable bonds is 0. The molecule has 36 valence electrons. The molecule has 6 heavy (non-hydrogen) atoms. The molecule has 6 heteroatoms. The summed E-state index contributed by atoms with van der Waals surface area (Å²) in [7, 11) is 0. The molecule has 0 aromatic rings. The molecule has 0 saturated heterocycles. The van der Waals surface area contributed by atoms with Gasteiger partial charge in [0.1, 0.15) is 0 Å². The first-order valence-corrected chi connectivity index (χ1v) is 4.95. The van der Waals surface area contributed by atoms with Crippen LogP contribution in [0.2, 0.25) is 0 Å². The van der Waals surface area contributed by atoms with E-state index in [9.17, 15) is 0 Å². The Morgan fingerprint density at radius 1 is 1.33 bits per heavy atom. The van der Waals surface area contributed by atoms with Gasteiger partial charge in [-0.2, -0.15) is 0 Å². The Labute approximate surface area is 81.7 Å². The molecular formula is H3KO4Os. The summed E-state index contributed by atoms with van der Waals surface area (Å²) >= 11 is -5.56. The van der Waals surface area contributed by atoms with E-state index in [4.69, 9.17) is 14.9 Å². The predicted octanol–water partition coefficient (Wildman–Crippen LogP) is -4.24. The molecule has 0 aliphatic heterocycles. The molecule has 0 saturated carbocycles. The van der Waals surface area contributed by atoms with Gasteiger partial charge in [-0.15, -0.1) is 0 Å². The Bertz CT molecular complexity index is 94.9. The topological polar surface area (TPSA) is 74.6 Å². The summed E-state index contributed by atoms with van der Waals surface area (Å²) in [5.74, 6) is 0. The molecule has 0 bridgehead atoms. The van der Waals surface area contributed by atoms with Gasteiger partial charge in [-0.1, -0.05) is 0 Å². The van der Waals surface area contributed by atoms with E-state index in [1.54, 1.807) is 0 Å². The third-order valence-electron chi connectivity index (χ3n) is 0. The van der Waals surface area contributed by atoms with Crippen molar-refractivity contribution in [1.29, 1.82) is 0 Å². The van der Waals surface area contributed by atoms with Crippen LogP contribution in [0.1, 0.15) is 1.43 Å². The fourth-order valence-electron chi connectivity index (χ4n) is 0. The quantitative estimate of drug-likeness (QED) is 0.444. The van der Waals surface area contributed by atoms with Crippen LogP contribution in [-0.4, -0.2) is 7.80 Å². The van der Waals surface area contributed by atoms with E-state index in [0.717, 1.165) is 0 Å². The Hall–Kier alpha value is 1.79. The summed E-state index contributed by atoms with van der Waals surface area (Å²) < 4.78 is 32.0. The van der Waals surface area contributed by atoms with Crippen molar-refractivity contribution in [2.45, 2.75) is 0 Å². The molecule has 4 nitrogen and oxygen atoms in total. The molecule has 0 radical (unpaired) electrons. The summed E-state index contributed by atoms with van der Waals surface area (Å²) in [5.41, 5.74) is 0. The SMILES string of the molecule is [H-].[K+].[O]=[Os](=[O])([OH])[OH]. The Balaban J connectivity index is -0.0000000800. The zero-order chi connectivity index (χ0) is 4.50. The molecular weight excluding hydrogens is 293 g/mol. The molecule has 0 unspecified atom stereocenters. The minimum atomic E-state index is -5.56. The third kappa shape index (κ3) is 41.4. The van der Waals surface area contributed by atoms with Crippen LogP contribution in [0.5, 0.6) is 0 Å². The summed E-state index contributed by atoms with van der Waals surface area (Å²) in [6, 6.07) is 0. The molecule has 0 aliphatic carbocycles. The van der Waals surface area contributed by atoms with Crippen molar-refractivity contribution in [3.63, 3.8) is 0 Å². The van der Waals surface area contributed by atoms with Crippen LogP contribution in [0.3, 0.4) is 0 Å². The average Bonchev–Trinajstić information content (AvgIpc) is 0.722. The van der Waals surface area contributed by atoms with Gasteiger partial charge in [0, 0.05) is 0 Å². The summed E-state index contributed by atoms with van der Waals surface area (Å²) in [4.78, 5) is 0. The molecule has 0 aromatic carbocycles. The van der Waals surface area contributed by atoms with E-state index in [1.165, 1.54) is 0 Å². The second-order valence-corrected chi connectivity index (χ2v) is 3.17. The first-order valence-electron chi connectivity index (χ1n) is 0.605. The summed E-state index contributed by atoms with van der Waals surface area (Å²) in [5, 5.41) is 0. The standard InChI is InChI=1S/K.2H2O.2O.Os.H/h;2*1H2;;;;/q+1;;;;;+2;-1/p-2. The monoisotopic (exact) mass is 298 g/mol. The molecule has 0 spiro atoms. The molecule has 0 aliphatic rings. The maximum atomic E-state index is 8.85. The van der Waals surface area contributed by atoms with Gasteiger partial charge in [0.15, 0.2) is 0 Å². The minimum absolute atomic E-state index is 0. The van der Waals surface area contributed by atoms with Gasteiger partial charge < -0.3 is 1.43 Å². The van der Waals surface area contributed by atoms with Gasteiger partial charge in [-0.25, -0.2) is 0 Å². The van der Waals surface area contributed by atoms with Crippen LogP contribution in [-0.2, 0) is 22.7 Å². The van der Waals surface area contributed by atoms with E-state index < -0.39 is 15.7 Å². The van der Waals surface area contributed by atoms with Crippen LogP contribution < -0.4 is 51.4 Å². The van der Waals surface area contributed by atoms with Crippen molar-refractivity contribution in [2.75, 3.05) is 0 Å². The Kier molecular flexibility index (Phi) is 6.70. The van der Waals surface area contributed by atoms with Gasteiger partial charge in [0.2, 0.25) is 0 Å². The Morgan fingerprint density at radius 3 is 1.33 bits per heavy atom. The first-order chi connectivity index (χ1) is 2.00. The van der Waals surface area contributed by atoms with Crippen LogP contribution in [0.25, 0.3) is 0 Å². The van der Waals surface area contributed by atoms with Crippen LogP contribution in [0.4, 0.5) is 0 Å². The summed E-state index contributed by atoms with van der Waals surface area (Å²) in [6.07, 6.45) is 0. The van der Waals surface area contributed by atoms with Gasteiger partial charge in [-0.3, -0.25) is 0 Å². The van der Waals surface area contributed by atoms with Crippen LogP contribution in [0, 0.1) is 0 Å². The zero-order valence-corrected chi connectivity index (χ0v) is 8.73. The van der Waals surface area contributed by atoms with Crippen molar-refractivity contribution >= 4 is 0 Å². The van der Waals surface area contributed by atoms with Crippen molar-refractivity contribution < 1.29 is 83.4 Å². The molecule has 0 amide bonds. The van der Waals surface area contributed by atoms with Crippen molar-refractivity contribution in [2.24, 2.45) is 0 Å². The maximum absolute atomic E-state index is 8.85. The first kappa shape index (κ1) is 10.7. The molecule has 0 fully saturated rings. The average molecular weight is 296 g/mol. The van der Waals surface area contributed by atoms with Gasteiger partial charge in [0.05, 0.1) is 0 Å². The van der Waals surface area contributed by atoms with Crippen LogP contribution in [0.15, 0.2) is 0 Å². The van der Waals surface area contributed by atoms with Crippen molar-refractivity contribution in [1.82, 2.24) is 0 Å². The molecule has 0 aromatic heterocycles. The predicted molar refractivity (Wildman–Crippen MR) is 6.92 cm³/mol. The molecule has 2 N–H and O–H groups in total. The van der Waals surface area contributed by atoms with E-state index >= 15 is 0 Å². The van der Waals surface area contributed by atoms with E-state index in [-0.39, 0.29) is 52.8 Å². The molecule has 0 heterocycles. The van der Waals surface area contributed by atoms with Gasteiger partial charge in [0.25, 0.3) is 0 Å². The zero-order valence-electron chi connectivity index (χ0n) is 4.06. The molecule has 0 atom stereocenters. The fourth-order valence-corrected chi connectivity index (χ4v) is 0. The fraction of sp³-hybridized carbons (Fsp3) is 0. The van der Waals surface area contributed by atoms with Crippen LogP contribution >= 0.6 is 0 Å². The second-order valence-electron chi connectivity index (χ2n) is 0.388. The van der Waals surface area contributed by atoms with E-state index in [2.05, 4.69) is 0 Å². The van der Waals surface area contributed by atoms with Crippen molar-refractivity contribution in [3.8, 4) is 0 Å². The third-order valence-corrected chi connectivity index (χ3v) is 0.